The van der Waals surface area contributed by atoms with Crippen LogP contribution < -0.4 is 5.32 Å². The van der Waals surface area contributed by atoms with Gasteiger partial charge in [-0.25, -0.2) is 4.79 Å². The molecule has 0 spiro atoms. The molecule has 0 fully saturated rings. The third-order valence-electron chi connectivity index (χ3n) is 4.70. The van der Waals surface area contributed by atoms with Crippen LogP contribution in [-0.2, 0) is 25.5 Å². The Kier molecular flexibility index (Phi) is 5.63. The van der Waals surface area contributed by atoms with E-state index in [4.69, 9.17) is 9.47 Å². The summed E-state index contributed by atoms with van der Waals surface area (Å²) in [6.45, 7) is 3.78. The maximum absolute atomic E-state index is 12.4. The van der Waals surface area contributed by atoms with Gasteiger partial charge in [0.2, 0.25) is 0 Å². The van der Waals surface area contributed by atoms with Gasteiger partial charge < -0.3 is 19.8 Å². The van der Waals surface area contributed by atoms with E-state index in [9.17, 15) is 14.4 Å². The molecule has 1 aliphatic rings. The SMILES string of the molecule is CCOC(=O)c1[nH]c(/C=C2\C(=O)Nc3ccccc32)c(CCC(=O)OC)c1C. The van der Waals surface area contributed by atoms with Crippen molar-refractivity contribution in [2.24, 2.45) is 0 Å². The molecule has 2 aromatic rings. The fourth-order valence-electron chi connectivity index (χ4n) is 3.27. The van der Waals surface area contributed by atoms with E-state index < -0.39 is 5.97 Å². The van der Waals surface area contributed by atoms with Gasteiger partial charge >= 0.3 is 11.9 Å². The second-order valence-corrected chi connectivity index (χ2v) is 6.37. The molecule has 0 bridgehead atoms. The number of hydrogen-bond acceptors (Lipinski definition) is 5. The number of H-pyrrole nitrogens is 1. The van der Waals surface area contributed by atoms with Gasteiger partial charge in [-0.2, -0.15) is 0 Å². The smallest absolute Gasteiger partial charge is 0.355 e. The number of benzene rings is 1. The Labute approximate surface area is 162 Å². The van der Waals surface area contributed by atoms with Crippen molar-refractivity contribution in [3.63, 3.8) is 0 Å². The fourth-order valence-corrected chi connectivity index (χ4v) is 3.27. The van der Waals surface area contributed by atoms with Gasteiger partial charge in [-0.3, -0.25) is 9.59 Å². The average Bonchev–Trinajstić information content (AvgIpc) is 3.17. The molecule has 7 nitrogen and oxygen atoms in total. The molecule has 1 amide bonds. The Morgan fingerprint density at radius 3 is 2.68 bits per heavy atom. The van der Waals surface area contributed by atoms with Crippen LogP contribution >= 0.6 is 0 Å². The van der Waals surface area contributed by atoms with Crippen molar-refractivity contribution in [3.05, 3.63) is 52.3 Å². The lowest BCUT2D eigenvalue weighted by Gasteiger charge is -2.04. The Bertz CT molecular complexity index is 971. The molecule has 1 aromatic carbocycles. The van der Waals surface area contributed by atoms with E-state index in [0.717, 1.165) is 16.8 Å². The molecule has 0 aliphatic carbocycles. The van der Waals surface area contributed by atoms with Crippen molar-refractivity contribution in [2.45, 2.75) is 26.7 Å². The van der Waals surface area contributed by atoms with Gasteiger partial charge in [-0.1, -0.05) is 18.2 Å². The molecule has 0 radical (unpaired) electrons. The number of carbonyl (C=O) groups is 3. The van der Waals surface area contributed by atoms with E-state index in [0.29, 0.717) is 28.9 Å². The Morgan fingerprint density at radius 1 is 1.21 bits per heavy atom. The van der Waals surface area contributed by atoms with Crippen LogP contribution in [0.25, 0.3) is 11.6 Å². The zero-order valence-corrected chi connectivity index (χ0v) is 16.0. The van der Waals surface area contributed by atoms with Crippen LogP contribution in [0.5, 0.6) is 0 Å². The summed E-state index contributed by atoms with van der Waals surface area (Å²) < 4.78 is 9.83. The van der Waals surface area contributed by atoms with Crippen molar-refractivity contribution in [3.8, 4) is 0 Å². The van der Waals surface area contributed by atoms with Crippen molar-refractivity contribution >= 4 is 35.2 Å². The van der Waals surface area contributed by atoms with Crippen LogP contribution in [0.3, 0.4) is 0 Å². The highest BCUT2D eigenvalue weighted by molar-refractivity contribution is 6.34. The summed E-state index contributed by atoms with van der Waals surface area (Å²) in [5.41, 5.74) is 4.41. The molecule has 0 saturated heterocycles. The van der Waals surface area contributed by atoms with Gasteiger partial charge in [0.05, 0.1) is 19.3 Å². The quantitative estimate of drug-likeness (QED) is 0.591. The van der Waals surface area contributed by atoms with Crippen LogP contribution in [0, 0.1) is 6.92 Å². The number of fused-ring (bicyclic) bond motifs is 1. The topological polar surface area (TPSA) is 97.5 Å². The van der Waals surface area contributed by atoms with Crippen LogP contribution in [0.1, 0.15) is 46.2 Å². The number of para-hydroxylation sites is 1. The maximum Gasteiger partial charge on any atom is 0.355 e. The zero-order valence-electron chi connectivity index (χ0n) is 16.0. The number of carbonyl (C=O) groups excluding carboxylic acids is 3. The maximum atomic E-state index is 12.4. The summed E-state index contributed by atoms with van der Waals surface area (Å²) >= 11 is 0. The number of hydrogen-bond donors (Lipinski definition) is 2. The molecule has 2 heterocycles. The lowest BCUT2D eigenvalue weighted by atomic mass is 10.0. The number of rotatable bonds is 6. The fraction of sp³-hybridized carbons (Fsp3) is 0.286. The van der Waals surface area contributed by atoms with Gasteiger partial charge in [0, 0.05) is 23.4 Å². The van der Waals surface area contributed by atoms with Crippen molar-refractivity contribution in [1.29, 1.82) is 0 Å². The van der Waals surface area contributed by atoms with E-state index in [1.807, 2.05) is 24.3 Å². The minimum absolute atomic E-state index is 0.163. The molecule has 1 aliphatic heterocycles. The lowest BCUT2D eigenvalue weighted by Crippen LogP contribution is -2.07. The molecule has 0 unspecified atom stereocenters. The third-order valence-corrected chi connectivity index (χ3v) is 4.70. The molecule has 0 saturated carbocycles. The first-order valence-electron chi connectivity index (χ1n) is 9.04. The molecular weight excluding hydrogens is 360 g/mol. The standard InChI is InChI=1S/C21H22N2O5/c1-4-28-21(26)19-12(2)13(9-10-18(24)27-3)17(22-19)11-15-14-7-5-6-8-16(14)23-20(15)25/h5-8,11,22H,4,9-10H2,1-3H3,(H,23,25)/b15-11-. The van der Waals surface area contributed by atoms with E-state index in [1.54, 1.807) is 19.9 Å². The summed E-state index contributed by atoms with van der Waals surface area (Å²) in [7, 11) is 1.33. The van der Waals surface area contributed by atoms with E-state index in [2.05, 4.69) is 10.3 Å². The van der Waals surface area contributed by atoms with Gasteiger partial charge in [0.25, 0.3) is 5.91 Å². The number of nitrogens with one attached hydrogen (secondary N) is 2. The van der Waals surface area contributed by atoms with Crippen LogP contribution in [0.4, 0.5) is 5.69 Å². The van der Waals surface area contributed by atoms with Gasteiger partial charge in [-0.15, -0.1) is 0 Å². The second-order valence-electron chi connectivity index (χ2n) is 6.37. The molecule has 2 N–H and O–H groups in total. The number of ether oxygens (including phenoxy) is 2. The second kappa shape index (κ2) is 8.12. The summed E-state index contributed by atoms with van der Waals surface area (Å²) in [5, 5.41) is 2.82. The van der Waals surface area contributed by atoms with E-state index in [-0.39, 0.29) is 24.9 Å². The van der Waals surface area contributed by atoms with Crippen molar-refractivity contribution in [1.82, 2.24) is 4.98 Å². The normalized spacial score (nSPS) is 14.0. The van der Waals surface area contributed by atoms with Crippen LogP contribution in [-0.4, -0.2) is 36.5 Å². The van der Waals surface area contributed by atoms with Gasteiger partial charge in [-0.05, 0) is 43.5 Å². The largest absolute Gasteiger partial charge is 0.469 e. The Morgan fingerprint density at radius 2 is 1.96 bits per heavy atom. The number of methoxy groups -OCH3 is 1. The first-order valence-corrected chi connectivity index (χ1v) is 9.04. The predicted octanol–water partition coefficient (Wildman–Crippen LogP) is 3.10. The predicted molar refractivity (Wildman–Crippen MR) is 105 cm³/mol. The minimum Gasteiger partial charge on any atom is -0.469 e. The van der Waals surface area contributed by atoms with Crippen molar-refractivity contribution in [2.75, 3.05) is 19.0 Å². The number of aromatic nitrogens is 1. The van der Waals surface area contributed by atoms with Crippen molar-refractivity contribution < 1.29 is 23.9 Å². The van der Waals surface area contributed by atoms with Crippen LogP contribution in [0.15, 0.2) is 24.3 Å². The molecule has 7 heteroatoms. The molecular formula is C21H22N2O5. The summed E-state index contributed by atoms with van der Waals surface area (Å²) in [5.74, 6) is -1.04. The number of amides is 1. The molecule has 1 aromatic heterocycles. The van der Waals surface area contributed by atoms with E-state index >= 15 is 0 Å². The summed E-state index contributed by atoms with van der Waals surface area (Å²) in [4.78, 5) is 39.4. The summed E-state index contributed by atoms with van der Waals surface area (Å²) in [6.07, 6.45) is 2.25. The molecule has 3 rings (SSSR count). The lowest BCUT2D eigenvalue weighted by molar-refractivity contribution is -0.140. The summed E-state index contributed by atoms with van der Waals surface area (Å²) in [6, 6.07) is 7.39. The number of aromatic amines is 1. The highest BCUT2D eigenvalue weighted by Crippen LogP contribution is 2.34. The molecule has 28 heavy (non-hydrogen) atoms. The van der Waals surface area contributed by atoms with Gasteiger partial charge in [0.1, 0.15) is 5.69 Å². The average molecular weight is 382 g/mol. The Balaban J connectivity index is 2.06. The van der Waals surface area contributed by atoms with Crippen LogP contribution in [0.2, 0.25) is 0 Å². The number of esters is 2. The Hall–Kier alpha value is -3.35. The first kappa shape index (κ1) is 19.4. The third kappa shape index (κ3) is 3.69. The first-order chi connectivity index (χ1) is 13.5. The highest BCUT2D eigenvalue weighted by atomic mass is 16.5. The molecule has 146 valence electrons. The van der Waals surface area contributed by atoms with Gasteiger partial charge in [0.15, 0.2) is 0 Å². The minimum atomic E-state index is -0.472. The molecule has 0 atom stereocenters. The number of anilines is 1. The highest BCUT2D eigenvalue weighted by Gasteiger charge is 2.26. The van der Waals surface area contributed by atoms with E-state index in [1.165, 1.54) is 7.11 Å². The zero-order chi connectivity index (χ0) is 20.3. The monoisotopic (exact) mass is 382 g/mol.